The van der Waals surface area contributed by atoms with E-state index in [0.717, 1.165) is 0 Å². The Morgan fingerprint density at radius 2 is 2.24 bits per heavy atom. The molecule has 0 aliphatic carbocycles. The Morgan fingerprint density at radius 3 is 2.71 bits per heavy atom. The molecule has 21 heavy (non-hydrogen) atoms. The summed E-state index contributed by atoms with van der Waals surface area (Å²) in [6.07, 6.45) is 0. The lowest BCUT2D eigenvalue weighted by Crippen LogP contribution is -2.73. The van der Waals surface area contributed by atoms with E-state index in [1.165, 1.54) is 16.0 Å². The van der Waals surface area contributed by atoms with Gasteiger partial charge in [-0.15, -0.1) is 0 Å². The Labute approximate surface area is 130 Å². The van der Waals surface area contributed by atoms with Gasteiger partial charge in [0.25, 0.3) is 0 Å². The number of Topliss-reactive ketones (excluding diaryl/α,β-unsaturated/α-hetero) is 1. The molecule has 1 fully saturated rings. The van der Waals surface area contributed by atoms with Crippen LogP contribution in [0.3, 0.4) is 0 Å². The van der Waals surface area contributed by atoms with E-state index >= 15 is 0 Å². The maximum Gasteiger partial charge on any atom is 0.332 e. The number of sulfonamides is 1. The van der Waals surface area contributed by atoms with E-state index in [1.54, 1.807) is 11.9 Å². The number of nitrogens with zero attached hydrogens (tertiary/aromatic N) is 4. The van der Waals surface area contributed by atoms with Crippen LogP contribution in [-0.2, 0) is 14.8 Å². The average molecular weight is 382 g/mol. The van der Waals surface area contributed by atoms with Crippen molar-refractivity contribution in [3.63, 3.8) is 0 Å². The van der Waals surface area contributed by atoms with E-state index in [9.17, 15) is 13.2 Å². The number of carbonyl (C=O) groups excluding carboxylic acids is 1. The molecule has 0 saturated carbocycles. The van der Waals surface area contributed by atoms with E-state index in [-0.39, 0.29) is 41.3 Å². The summed E-state index contributed by atoms with van der Waals surface area (Å²) in [5, 5.41) is 12.8. The smallest absolute Gasteiger partial charge is 0.332 e. The Morgan fingerprint density at radius 1 is 1.57 bits per heavy atom. The van der Waals surface area contributed by atoms with E-state index in [1.807, 2.05) is 0 Å². The Hall–Kier alpha value is -1.20. The molecule has 1 aliphatic heterocycles. The van der Waals surface area contributed by atoms with Crippen molar-refractivity contribution in [2.45, 2.75) is 19.9 Å². The zero-order valence-electron chi connectivity index (χ0n) is 11.6. The van der Waals surface area contributed by atoms with Gasteiger partial charge in [-0.1, -0.05) is 4.79 Å². The standard InChI is InChI=1S/C10H16BrN5O4S/c1-3-21(18,19)14-4-5-15(8(6-14)7(2)17)16-9(11)10(12)20-13-16/h8,12H,3-6H2,1-2H3. The first-order chi connectivity index (χ1) is 9.77. The molecule has 1 saturated heterocycles. The highest BCUT2D eigenvalue weighted by molar-refractivity contribution is 9.10. The van der Waals surface area contributed by atoms with Crippen molar-refractivity contribution in [2.75, 3.05) is 30.4 Å². The van der Waals surface area contributed by atoms with Crippen molar-refractivity contribution in [1.29, 1.82) is 5.41 Å². The number of halogens is 1. The van der Waals surface area contributed by atoms with E-state index in [2.05, 4.69) is 21.2 Å². The van der Waals surface area contributed by atoms with Crippen LogP contribution in [0, 0.1) is 5.41 Å². The van der Waals surface area contributed by atoms with Crippen LogP contribution < -0.4 is 20.6 Å². The molecule has 1 aromatic heterocycles. The number of rotatable bonds is 4. The zero-order chi connectivity index (χ0) is 15.8. The van der Waals surface area contributed by atoms with Gasteiger partial charge in [-0.2, -0.15) is 0 Å². The normalized spacial score (nSPS) is 20.7. The third kappa shape index (κ3) is 3.04. The highest BCUT2D eigenvalue weighted by Gasteiger charge is 2.36. The number of ketones is 1. The molecule has 0 aromatic carbocycles. The minimum atomic E-state index is -3.35. The molecule has 1 aliphatic rings. The molecule has 2 heterocycles. The maximum atomic E-state index is 12.0. The van der Waals surface area contributed by atoms with E-state index in [0.29, 0.717) is 0 Å². The lowest BCUT2D eigenvalue weighted by atomic mass is 10.1. The number of hydrogen-bond donors (Lipinski definition) is 1. The predicted octanol–water partition coefficient (Wildman–Crippen LogP) is -1.67. The van der Waals surface area contributed by atoms with Crippen molar-refractivity contribution >= 4 is 31.7 Å². The lowest BCUT2D eigenvalue weighted by Gasteiger charge is -2.40. The zero-order valence-corrected chi connectivity index (χ0v) is 14.0. The SMILES string of the molecule is CCS(=O)(=O)N1CCN([n+]2[n-]oc(=N)c2Br)C(C(C)=O)C1. The average Bonchev–Trinajstić information content (AvgIpc) is 2.78. The van der Waals surface area contributed by atoms with Gasteiger partial charge in [0.2, 0.25) is 10.0 Å². The lowest BCUT2D eigenvalue weighted by molar-refractivity contribution is -0.775. The summed E-state index contributed by atoms with van der Waals surface area (Å²) in [4.78, 5) is 13.1. The number of piperazine rings is 1. The fourth-order valence-electron chi connectivity index (χ4n) is 2.15. The molecule has 11 heteroatoms. The van der Waals surface area contributed by atoms with Crippen LogP contribution in [0.2, 0.25) is 0 Å². The molecule has 118 valence electrons. The van der Waals surface area contributed by atoms with Gasteiger partial charge in [0.15, 0.2) is 0 Å². The fourth-order valence-corrected chi connectivity index (χ4v) is 3.59. The molecule has 0 spiro atoms. The van der Waals surface area contributed by atoms with E-state index < -0.39 is 16.1 Å². The van der Waals surface area contributed by atoms with Gasteiger partial charge in [0.1, 0.15) is 5.78 Å². The second kappa shape index (κ2) is 5.89. The predicted molar refractivity (Wildman–Crippen MR) is 74.4 cm³/mol. The fraction of sp³-hybridized carbons (Fsp3) is 0.700. The molecule has 1 N–H and O–H groups in total. The van der Waals surface area contributed by atoms with Crippen LogP contribution in [0.1, 0.15) is 13.8 Å². The van der Waals surface area contributed by atoms with Crippen LogP contribution in [0.5, 0.6) is 0 Å². The van der Waals surface area contributed by atoms with Crippen LogP contribution in [-0.4, -0.2) is 49.9 Å². The van der Waals surface area contributed by atoms with Gasteiger partial charge in [0, 0.05) is 35.6 Å². The molecule has 0 amide bonds. The molecule has 1 aromatic rings. The molecule has 0 bridgehead atoms. The molecule has 0 radical (unpaired) electrons. The Balaban J connectivity index is 2.32. The third-order valence-electron chi connectivity index (χ3n) is 3.36. The van der Waals surface area contributed by atoms with Gasteiger partial charge in [0.05, 0.1) is 11.8 Å². The third-order valence-corrected chi connectivity index (χ3v) is 5.88. The summed E-state index contributed by atoms with van der Waals surface area (Å²) in [5.74, 6) is -0.185. The van der Waals surface area contributed by atoms with Crippen molar-refractivity contribution in [2.24, 2.45) is 0 Å². The van der Waals surface area contributed by atoms with Gasteiger partial charge < -0.3 is 4.52 Å². The van der Waals surface area contributed by atoms with Gasteiger partial charge in [-0.05, 0) is 19.1 Å². The molecule has 1 unspecified atom stereocenters. The number of nitrogens with one attached hydrogen (secondary N) is 1. The monoisotopic (exact) mass is 381 g/mol. The van der Waals surface area contributed by atoms with Crippen molar-refractivity contribution in [3.05, 3.63) is 10.2 Å². The molecule has 1 atom stereocenters. The van der Waals surface area contributed by atoms with E-state index in [4.69, 9.17) is 9.93 Å². The largest absolute Gasteiger partial charge is 0.379 e. The molecular formula is C10H16BrN5O4S. The first kappa shape index (κ1) is 16.2. The van der Waals surface area contributed by atoms with Gasteiger partial charge >= 0.3 is 10.2 Å². The minimum Gasteiger partial charge on any atom is -0.379 e. The topological polar surface area (TPSA) is 113 Å². The van der Waals surface area contributed by atoms with Crippen LogP contribution >= 0.6 is 15.9 Å². The summed E-state index contributed by atoms with van der Waals surface area (Å²) in [5.41, 5.74) is -0.166. The van der Waals surface area contributed by atoms with Crippen LogP contribution in [0.4, 0.5) is 0 Å². The summed E-state index contributed by atoms with van der Waals surface area (Å²) in [7, 11) is -3.35. The second-order valence-electron chi connectivity index (χ2n) is 4.63. The first-order valence-electron chi connectivity index (χ1n) is 6.32. The summed E-state index contributed by atoms with van der Waals surface area (Å²) in [6, 6.07) is -0.675. The second-order valence-corrected chi connectivity index (χ2v) is 7.64. The van der Waals surface area contributed by atoms with Gasteiger partial charge in [-0.3, -0.25) is 15.2 Å². The Kier molecular flexibility index (Phi) is 4.54. The summed E-state index contributed by atoms with van der Waals surface area (Å²) < 4.78 is 30.2. The summed E-state index contributed by atoms with van der Waals surface area (Å²) >= 11 is 3.17. The van der Waals surface area contributed by atoms with Crippen LogP contribution in [0.15, 0.2) is 9.13 Å². The Bertz CT molecular complexity index is 697. The minimum absolute atomic E-state index is 0.00467. The summed E-state index contributed by atoms with van der Waals surface area (Å²) in [6.45, 7) is 3.55. The van der Waals surface area contributed by atoms with Crippen molar-refractivity contribution in [3.8, 4) is 0 Å². The van der Waals surface area contributed by atoms with Crippen molar-refractivity contribution in [1.82, 2.24) is 9.58 Å². The number of aromatic nitrogens is 2. The molecular weight excluding hydrogens is 366 g/mol. The van der Waals surface area contributed by atoms with Crippen molar-refractivity contribution < 1.29 is 22.5 Å². The maximum absolute atomic E-state index is 12.0. The number of carbonyl (C=O) groups is 1. The molecule has 9 nitrogen and oxygen atoms in total. The van der Waals surface area contributed by atoms with Crippen LogP contribution in [0.25, 0.3) is 0 Å². The number of hydrogen-bond acceptors (Lipinski definition) is 6. The highest BCUT2D eigenvalue weighted by Crippen LogP contribution is 2.12. The quantitative estimate of drug-likeness (QED) is 0.623. The van der Waals surface area contributed by atoms with Gasteiger partial charge in [-0.25, -0.2) is 12.7 Å². The highest BCUT2D eigenvalue weighted by atomic mass is 79.9. The first-order valence-corrected chi connectivity index (χ1v) is 8.72. The molecule has 2 rings (SSSR count).